The van der Waals surface area contributed by atoms with Gasteiger partial charge in [-0.1, -0.05) is 11.6 Å². The van der Waals surface area contributed by atoms with Crippen LogP contribution >= 0.6 is 22.6 Å². The van der Waals surface area contributed by atoms with E-state index in [0.717, 1.165) is 9.99 Å². The van der Waals surface area contributed by atoms with E-state index < -0.39 is 0 Å². The van der Waals surface area contributed by atoms with Crippen LogP contribution in [0.2, 0.25) is 0 Å². The zero-order valence-corrected chi connectivity index (χ0v) is 12.8. The van der Waals surface area contributed by atoms with E-state index in [2.05, 4.69) is 28.7 Å². The van der Waals surface area contributed by atoms with E-state index in [1.165, 1.54) is 10.5 Å². The second kappa shape index (κ2) is 4.74. The topological polar surface area (TPSA) is 37.4 Å². The smallest absolute Gasteiger partial charge is 0.238 e. The summed E-state index contributed by atoms with van der Waals surface area (Å²) in [7, 11) is 0. The van der Waals surface area contributed by atoms with Crippen molar-refractivity contribution >= 4 is 40.1 Å². The molecule has 0 saturated carbocycles. The fourth-order valence-electron chi connectivity index (χ4n) is 2.88. The molecule has 1 fully saturated rings. The average Bonchev–Trinajstić information content (AvgIpc) is 2.63. The lowest BCUT2D eigenvalue weighted by Gasteiger charge is -2.18. The predicted molar refractivity (Wildman–Crippen MR) is 81.6 cm³/mol. The van der Waals surface area contributed by atoms with Gasteiger partial charge in [0.05, 0.1) is 17.5 Å². The molecule has 19 heavy (non-hydrogen) atoms. The Balaban J connectivity index is 1.95. The minimum atomic E-state index is -0.157. The molecule has 0 bridgehead atoms. The molecule has 4 heteroatoms. The second-order valence-corrected chi connectivity index (χ2v) is 6.44. The Kier molecular flexibility index (Phi) is 3.20. The van der Waals surface area contributed by atoms with Crippen LogP contribution < -0.4 is 4.90 Å². The summed E-state index contributed by atoms with van der Waals surface area (Å²) >= 11 is 2.21. The Morgan fingerprint density at radius 1 is 1.11 bits per heavy atom. The first-order valence-electron chi connectivity index (χ1n) is 6.37. The maximum atomic E-state index is 12.5. The van der Waals surface area contributed by atoms with Crippen LogP contribution in [0.5, 0.6) is 0 Å². The summed E-state index contributed by atoms with van der Waals surface area (Å²) in [5, 5.41) is 0. The summed E-state index contributed by atoms with van der Waals surface area (Å²) in [6, 6.07) is 7.52. The molecule has 1 aromatic carbocycles. The number of amides is 2. The number of benzene rings is 1. The molecule has 2 unspecified atom stereocenters. The molecule has 2 aliphatic rings. The quantitative estimate of drug-likeness (QED) is 0.435. The second-order valence-electron chi connectivity index (χ2n) is 5.19. The number of halogens is 1. The highest BCUT2D eigenvalue weighted by Crippen LogP contribution is 2.39. The molecule has 0 aromatic heterocycles. The van der Waals surface area contributed by atoms with E-state index in [-0.39, 0.29) is 23.7 Å². The lowest BCUT2D eigenvalue weighted by atomic mass is 9.82. The van der Waals surface area contributed by atoms with Crippen molar-refractivity contribution in [2.24, 2.45) is 11.8 Å². The van der Waals surface area contributed by atoms with E-state index in [1.54, 1.807) is 0 Å². The number of imide groups is 1. The van der Waals surface area contributed by atoms with Crippen molar-refractivity contribution in [2.45, 2.75) is 19.8 Å². The SMILES string of the molecule is CC1=CCC2C(=O)N(c3ccc(I)cc3)C(=O)C2C1. The highest BCUT2D eigenvalue weighted by molar-refractivity contribution is 14.1. The van der Waals surface area contributed by atoms with Gasteiger partial charge in [0.2, 0.25) is 11.8 Å². The van der Waals surface area contributed by atoms with Gasteiger partial charge in [-0.3, -0.25) is 14.5 Å². The summed E-state index contributed by atoms with van der Waals surface area (Å²) in [5.41, 5.74) is 1.91. The Morgan fingerprint density at radius 2 is 1.74 bits per heavy atom. The fourth-order valence-corrected chi connectivity index (χ4v) is 3.24. The van der Waals surface area contributed by atoms with Gasteiger partial charge in [-0.2, -0.15) is 0 Å². The highest BCUT2D eigenvalue weighted by atomic mass is 127. The monoisotopic (exact) mass is 367 g/mol. The van der Waals surface area contributed by atoms with Gasteiger partial charge in [-0.25, -0.2) is 0 Å². The molecular formula is C15H14INO2. The van der Waals surface area contributed by atoms with E-state index in [4.69, 9.17) is 0 Å². The van der Waals surface area contributed by atoms with Gasteiger partial charge in [0, 0.05) is 3.57 Å². The van der Waals surface area contributed by atoms with Crippen molar-refractivity contribution in [2.75, 3.05) is 4.90 Å². The molecule has 3 nitrogen and oxygen atoms in total. The molecule has 1 aromatic rings. The van der Waals surface area contributed by atoms with Crippen molar-refractivity contribution in [3.05, 3.63) is 39.5 Å². The number of allylic oxidation sites excluding steroid dienone is 2. The summed E-state index contributed by atoms with van der Waals surface area (Å²) in [6.07, 6.45) is 3.50. The normalized spacial score (nSPS) is 26.4. The lowest BCUT2D eigenvalue weighted by molar-refractivity contribution is -0.122. The largest absolute Gasteiger partial charge is 0.274 e. The fraction of sp³-hybridized carbons (Fsp3) is 0.333. The number of hydrogen-bond donors (Lipinski definition) is 0. The maximum absolute atomic E-state index is 12.5. The standard InChI is InChI=1S/C15H14INO2/c1-9-2-7-12-13(8-9)15(19)17(14(12)18)11-5-3-10(16)4-6-11/h2-6,12-13H,7-8H2,1H3. The predicted octanol–water partition coefficient (Wildman–Crippen LogP) is 3.14. The number of anilines is 1. The van der Waals surface area contributed by atoms with Crippen molar-refractivity contribution in [3.8, 4) is 0 Å². The van der Waals surface area contributed by atoms with Gasteiger partial charge in [-0.15, -0.1) is 0 Å². The molecule has 0 spiro atoms. The molecule has 0 N–H and O–H groups in total. The van der Waals surface area contributed by atoms with Crippen molar-refractivity contribution < 1.29 is 9.59 Å². The Hall–Kier alpha value is -1.17. The van der Waals surface area contributed by atoms with Gasteiger partial charge in [0.25, 0.3) is 0 Å². The highest BCUT2D eigenvalue weighted by Gasteiger charge is 2.48. The minimum absolute atomic E-state index is 0.0383. The van der Waals surface area contributed by atoms with E-state index >= 15 is 0 Å². The Bertz CT molecular complexity index is 576. The van der Waals surface area contributed by atoms with Crippen molar-refractivity contribution in [3.63, 3.8) is 0 Å². The molecule has 98 valence electrons. The molecule has 2 atom stereocenters. The number of carbonyl (C=O) groups excluding carboxylic acids is 2. The molecule has 1 heterocycles. The van der Waals surface area contributed by atoms with Crippen LogP contribution in [0, 0.1) is 15.4 Å². The summed E-state index contributed by atoms with van der Waals surface area (Å²) < 4.78 is 1.09. The van der Waals surface area contributed by atoms with Crippen LogP contribution in [-0.2, 0) is 9.59 Å². The molecule has 1 saturated heterocycles. The molecule has 0 radical (unpaired) electrons. The van der Waals surface area contributed by atoms with Crippen LogP contribution in [0.25, 0.3) is 0 Å². The molecular weight excluding hydrogens is 353 g/mol. The third-order valence-corrected chi connectivity index (χ3v) is 4.63. The van der Waals surface area contributed by atoms with Gasteiger partial charge < -0.3 is 0 Å². The Morgan fingerprint density at radius 3 is 2.42 bits per heavy atom. The summed E-state index contributed by atoms with van der Waals surface area (Å²) in [6.45, 7) is 2.03. The third kappa shape index (κ3) is 2.12. The number of rotatable bonds is 1. The maximum Gasteiger partial charge on any atom is 0.238 e. The van der Waals surface area contributed by atoms with Crippen LogP contribution in [-0.4, -0.2) is 11.8 Å². The molecule has 1 aliphatic carbocycles. The van der Waals surface area contributed by atoms with E-state index in [1.807, 2.05) is 31.2 Å². The van der Waals surface area contributed by atoms with E-state index in [9.17, 15) is 9.59 Å². The van der Waals surface area contributed by atoms with Gasteiger partial charge in [-0.05, 0) is 66.6 Å². The lowest BCUT2D eigenvalue weighted by Crippen LogP contribution is -2.30. The zero-order valence-electron chi connectivity index (χ0n) is 10.6. The first-order valence-corrected chi connectivity index (χ1v) is 7.45. The zero-order chi connectivity index (χ0) is 13.6. The molecule has 3 rings (SSSR count). The van der Waals surface area contributed by atoms with Crippen LogP contribution in [0.3, 0.4) is 0 Å². The van der Waals surface area contributed by atoms with Crippen molar-refractivity contribution in [1.82, 2.24) is 0 Å². The number of carbonyl (C=O) groups is 2. The van der Waals surface area contributed by atoms with Gasteiger partial charge >= 0.3 is 0 Å². The molecule has 2 amide bonds. The number of nitrogens with zero attached hydrogens (tertiary/aromatic N) is 1. The van der Waals surface area contributed by atoms with Crippen LogP contribution in [0.4, 0.5) is 5.69 Å². The first-order chi connectivity index (χ1) is 9.08. The summed E-state index contributed by atoms with van der Waals surface area (Å²) in [4.78, 5) is 26.2. The third-order valence-electron chi connectivity index (χ3n) is 3.91. The Labute approximate surface area is 125 Å². The van der Waals surface area contributed by atoms with Crippen LogP contribution in [0.15, 0.2) is 35.9 Å². The van der Waals surface area contributed by atoms with E-state index in [0.29, 0.717) is 12.1 Å². The minimum Gasteiger partial charge on any atom is -0.274 e. The number of fused-ring (bicyclic) bond motifs is 1. The van der Waals surface area contributed by atoms with Gasteiger partial charge in [0.1, 0.15) is 0 Å². The molecule has 1 aliphatic heterocycles. The van der Waals surface area contributed by atoms with Crippen molar-refractivity contribution in [1.29, 1.82) is 0 Å². The first kappa shape index (κ1) is 12.8. The number of hydrogen-bond acceptors (Lipinski definition) is 2. The van der Waals surface area contributed by atoms with Gasteiger partial charge in [0.15, 0.2) is 0 Å². The average molecular weight is 367 g/mol. The summed E-state index contributed by atoms with van der Waals surface area (Å²) in [5.74, 6) is -0.393. The van der Waals surface area contributed by atoms with Crippen LogP contribution in [0.1, 0.15) is 19.8 Å².